The fourth-order valence-electron chi connectivity index (χ4n) is 1.38. The molecule has 1 aromatic carbocycles. The van der Waals surface area contributed by atoms with Gasteiger partial charge in [-0.1, -0.05) is 12.1 Å². The van der Waals surface area contributed by atoms with Gasteiger partial charge in [-0.25, -0.2) is 4.39 Å². The Kier molecular flexibility index (Phi) is 4.04. The Morgan fingerprint density at radius 2 is 2.21 bits per heavy atom. The highest BCUT2D eigenvalue weighted by molar-refractivity contribution is 5.26. The number of hydrogen-bond acceptors (Lipinski definition) is 2. The second kappa shape index (κ2) is 5.08. The molecule has 0 aromatic heterocycles. The third-order valence-corrected chi connectivity index (χ3v) is 2.28. The molecule has 0 amide bonds. The molecule has 0 bridgehead atoms. The fraction of sp³-hybridized carbons (Fsp3) is 0.455. The Bertz CT molecular complexity index is 301. The molecule has 0 spiro atoms. The number of rotatable bonds is 4. The lowest BCUT2D eigenvalue weighted by Gasteiger charge is -2.11. The Morgan fingerprint density at radius 1 is 1.50 bits per heavy atom. The lowest BCUT2D eigenvalue weighted by Crippen LogP contribution is -2.11. The summed E-state index contributed by atoms with van der Waals surface area (Å²) in [5, 5.41) is 8.65. The summed E-state index contributed by atoms with van der Waals surface area (Å²) in [4.78, 5) is 0. The van der Waals surface area contributed by atoms with E-state index >= 15 is 0 Å². The molecule has 0 aliphatic rings. The minimum atomic E-state index is -0.205. The van der Waals surface area contributed by atoms with Crippen molar-refractivity contribution < 1.29 is 9.50 Å². The molecule has 0 aliphatic carbocycles. The Balaban J connectivity index is 2.70. The number of benzene rings is 1. The van der Waals surface area contributed by atoms with Crippen LogP contribution in [0, 0.1) is 12.7 Å². The van der Waals surface area contributed by atoms with Gasteiger partial charge in [0, 0.05) is 12.6 Å². The summed E-state index contributed by atoms with van der Waals surface area (Å²) in [7, 11) is 0. The zero-order chi connectivity index (χ0) is 10.6. The first-order valence-electron chi connectivity index (χ1n) is 4.77. The molecule has 1 atom stereocenters. The Hall–Kier alpha value is -0.930. The van der Waals surface area contributed by atoms with Crippen LogP contribution in [0.15, 0.2) is 18.2 Å². The maximum Gasteiger partial charge on any atom is 0.126 e. The van der Waals surface area contributed by atoms with Crippen LogP contribution in [0.4, 0.5) is 4.39 Å². The van der Waals surface area contributed by atoms with Gasteiger partial charge in [0.1, 0.15) is 5.82 Å². The highest BCUT2D eigenvalue weighted by atomic mass is 19.1. The summed E-state index contributed by atoms with van der Waals surface area (Å²) < 4.78 is 12.9. The lowest BCUT2D eigenvalue weighted by atomic mass is 10.0. The van der Waals surface area contributed by atoms with E-state index in [1.807, 2.05) is 0 Å². The molecule has 0 saturated carbocycles. The van der Waals surface area contributed by atoms with Gasteiger partial charge in [0.15, 0.2) is 0 Å². The van der Waals surface area contributed by atoms with Gasteiger partial charge in [0.25, 0.3) is 0 Å². The van der Waals surface area contributed by atoms with E-state index in [4.69, 9.17) is 10.8 Å². The van der Waals surface area contributed by atoms with Gasteiger partial charge in [0.2, 0.25) is 0 Å². The van der Waals surface area contributed by atoms with Crippen LogP contribution in [0.3, 0.4) is 0 Å². The molecule has 14 heavy (non-hydrogen) atoms. The number of hydrogen-bond donors (Lipinski definition) is 2. The monoisotopic (exact) mass is 197 g/mol. The predicted octanol–water partition coefficient (Wildman–Crippen LogP) is 1.91. The molecule has 0 unspecified atom stereocenters. The van der Waals surface area contributed by atoms with Crippen molar-refractivity contribution in [2.75, 3.05) is 6.61 Å². The summed E-state index contributed by atoms with van der Waals surface area (Å²) in [6.07, 6.45) is 1.40. The zero-order valence-corrected chi connectivity index (χ0v) is 8.33. The predicted molar refractivity (Wildman–Crippen MR) is 54.4 cm³/mol. The summed E-state index contributed by atoms with van der Waals surface area (Å²) >= 11 is 0. The van der Waals surface area contributed by atoms with Crippen LogP contribution in [0.5, 0.6) is 0 Å². The summed E-state index contributed by atoms with van der Waals surface area (Å²) in [5.41, 5.74) is 7.41. The first-order valence-corrected chi connectivity index (χ1v) is 4.77. The van der Waals surface area contributed by atoms with Gasteiger partial charge in [-0.05, 0) is 37.0 Å². The van der Waals surface area contributed by atoms with Gasteiger partial charge >= 0.3 is 0 Å². The van der Waals surface area contributed by atoms with Crippen molar-refractivity contribution in [1.82, 2.24) is 0 Å². The van der Waals surface area contributed by atoms with Crippen LogP contribution in [-0.2, 0) is 0 Å². The third kappa shape index (κ3) is 2.79. The second-order valence-electron chi connectivity index (χ2n) is 3.48. The molecule has 2 nitrogen and oxygen atoms in total. The van der Waals surface area contributed by atoms with Crippen LogP contribution < -0.4 is 5.73 Å². The van der Waals surface area contributed by atoms with Crippen LogP contribution in [-0.4, -0.2) is 11.7 Å². The number of aliphatic hydroxyl groups excluding tert-OH is 1. The van der Waals surface area contributed by atoms with Crippen molar-refractivity contribution in [3.63, 3.8) is 0 Å². The highest BCUT2D eigenvalue weighted by Gasteiger charge is 2.07. The molecule has 0 aliphatic heterocycles. The van der Waals surface area contributed by atoms with Crippen LogP contribution in [0.1, 0.15) is 30.0 Å². The quantitative estimate of drug-likeness (QED) is 0.774. The van der Waals surface area contributed by atoms with Gasteiger partial charge < -0.3 is 10.8 Å². The molecule has 0 fully saturated rings. The Labute approximate surface area is 83.6 Å². The fourth-order valence-corrected chi connectivity index (χ4v) is 1.38. The zero-order valence-electron chi connectivity index (χ0n) is 8.33. The maximum atomic E-state index is 12.9. The van der Waals surface area contributed by atoms with Crippen LogP contribution in [0.2, 0.25) is 0 Å². The van der Waals surface area contributed by atoms with Crippen LogP contribution >= 0.6 is 0 Å². The van der Waals surface area contributed by atoms with E-state index in [2.05, 4.69) is 0 Å². The van der Waals surface area contributed by atoms with Crippen molar-refractivity contribution >= 4 is 0 Å². The van der Waals surface area contributed by atoms with E-state index in [0.717, 1.165) is 12.0 Å². The first kappa shape index (κ1) is 11.1. The van der Waals surface area contributed by atoms with E-state index in [1.165, 1.54) is 6.07 Å². The number of halogens is 1. The van der Waals surface area contributed by atoms with Crippen molar-refractivity contribution in [3.05, 3.63) is 35.1 Å². The second-order valence-corrected chi connectivity index (χ2v) is 3.48. The number of aryl methyl sites for hydroxylation is 1. The van der Waals surface area contributed by atoms with E-state index < -0.39 is 0 Å². The summed E-state index contributed by atoms with van der Waals surface area (Å²) in [6, 6.07) is 4.78. The average Bonchev–Trinajstić information content (AvgIpc) is 2.18. The largest absolute Gasteiger partial charge is 0.396 e. The molecule has 0 radical (unpaired) electrons. The molecule has 3 N–H and O–H groups in total. The number of aliphatic hydroxyl groups is 1. The lowest BCUT2D eigenvalue weighted by molar-refractivity contribution is 0.280. The third-order valence-electron chi connectivity index (χ3n) is 2.28. The minimum Gasteiger partial charge on any atom is -0.396 e. The highest BCUT2D eigenvalue weighted by Crippen LogP contribution is 2.18. The van der Waals surface area contributed by atoms with Crippen molar-refractivity contribution in [2.24, 2.45) is 5.73 Å². The average molecular weight is 197 g/mol. The van der Waals surface area contributed by atoms with Gasteiger partial charge in [0.05, 0.1) is 0 Å². The molecular weight excluding hydrogens is 181 g/mol. The van der Waals surface area contributed by atoms with E-state index in [-0.39, 0.29) is 18.5 Å². The van der Waals surface area contributed by atoms with Gasteiger partial charge in [-0.3, -0.25) is 0 Å². The normalized spacial score (nSPS) is 12.9. The molecule has 1 aromatic rings. The topological polar surface area (TPSA) is 46.2 Å². The van der Waals surface area contributed by atoms with E-state index in [0.29, 0.717) is 12.0 Å². The first-order chi connectivity index (χ1) is 6.65. The minimum absolute atomic E-state index is 0.110. The molecule has 1 rings (SSSR count). The SMILES string of the molecule is Cc1cc([C@@H](N)CCCO)ccc1F. The number of nitrogens with two attached hydrogens (primary N) is 1. The maximum absolute atomic E-state index is 12.9. The molecule has 0 heterocycles. The standard InChI is InChI=1S/C11H16FNO/c1-8-7-9(4-5-10(8)12)11(13)3-2-6-14/h4-5,7,11,14H,2-3,6,13H2,1H3/t11-/m0/s1. The van der Waals surface area contributed by atoms with Crippen LogP contribution in [0.25, 0.3) is 0 Å². The molecule has 3 heteroatoms. The van der Waals surface area contributed by atoms with E-state index in [9.17, 15) is 4.39 Å². The molecule has 0 saturated heterocycles. The van der Waals surface area contributed by atoms with Crippen molar-refractivity contribution in [3.8, 4) is 0 Å². The Morgan fingerprint density at radius 3 is 2.79 bits per heavy atom. The van der Waals surface area contributed by atoms with E-state index in [1.54, 1.807) is 19.1 Å². The summed E-state index contributed by atoms with van der Waals surface area (Å²) in [6.45, 7) is 1.87. The molecular formula is C11H16FNO. The van der Waals surface area contributed by atoms with Gasteiger partial charge in [-0.2, -0.15) is 0 Å². The van der Waals surface area contributed by atoms with Crippen molar-refractivity contribution in [2.45, 2.75) is 25.8 Å². The smallest absolute Gasteiger partial charge is 0.126 e. The van der Waals surface area contributed by atoms with Gasteiger partial charge in [-0.15, -0.1) is 0 Å². The molecule has 78 valence electrons. The van der Waals surface area contributed by atoms with Crippen molar-refractivity contribution in [1.29, 1.82) is 0 Å². The summed E-state index contributed by atoms with van der Waals surface area (Å²) in [5.74, 6) is -0.205.